The molecular formula is C35H40N4O2. The monoisotopic (exact) mass is 548 g/mol. The van der Waals surface area contributed by atoms with E-state index < -0.39 is 5.97 Å². The summed E-state index contributed by atoms with van der Waals surface area (Å²) in [6.07, 6.45) is 7.23. The van der Waals surface area contributed by atoms with E-state index in [4.69, 9.17) is 9.97 Å². The van der Waals surface area contributed by atoms with Crippen LogP contribution >= 0.6 is 0 Å². The van der Waals surface area contributed by atoms with Crippen LogP contribution in [0, 0.1) is 13.8 Å². The second kappa shape index (κ2) is 11.4. The van der Waals surface area contributed by atoms with Gasteiger partial charge in [-0.15, -0.1) is 0 Å². The molecule has 5 rings (SSSR count). The number of hydrogen-bond acceptors (Lipinski definition) is 3. The SMILES string of the molecule is C=Cc1c(C)c2cc3[nH]c(cc4nc(cc5nc(cc1[nH]2)C(C)CC5CCC(=O)O)C(CCC)=C4C)c(C)c3C=C. The largest absolute Gasteiger partial charge is 0.481 e. The van der Waals surface area contributed by atoms with Gasteiger partial charge in [-0.25, -0.2) is 4.98 Å². The minimum atomic E-state index is -0.778. The molecule has 41 heavy (non-hydrogen) atoms. The van der Waals surface area contributed by atoms with Crippen molar-refractivity contribution in [3.05, 3.63) is 82.5 Å². The van der Waals surface area contributed by atoms with Crippen LogP contribution in [-0.2, 0) is 4.79 Å². The summed E-state index contributed by atoms with van der Waals surface area (Å²) in [5, 5.41) is 9.46. The van der Waals surface area contributed by atoms with Crippen molar-refractivity contribution in [2.75, 3.05) is 0 Å². The predicted octanol–water partition coefficient (Wildman–Crippen LogP) is 9.09. The zero-order valence-corrected chi connectivity index (χ0v) is 24.8. The van der Waals surface area contributed by atoms with Crippen LogP contribution in [0.1, 0.15) is 110 Å². The third kappa shape index (κ3) is 5.31. The van der Waals surface area contributed by atoms with Gasteiger partial charge in [-0.05, 0) is 92.5 Å². The van der Waals surface area contributed by atoms with Gasteiger partial charge in [0, 0.05) is 56.9 Å². The normalized spacial score (nSPS) is 17.0. The third-order valence-electron chi connectivity index (χ3n) is 8.70. The van der Waals surface area contributed by atoms with Crippen LogP contribution in [0.3, 0.4) is 0 Å². The highest BCUT2D eigenvalue weighted by molar-refractivity contribution is 5.93. The lowest BCUT2D eigenvalue weighted by atomic mass is 9.84. The first-order valence-electron chi connectivity index (χ1n) is 14.6. The van der Waals surface area contributed by atoms with Crippen molar-refractivity contribution >= 4 is 51.3 Å². The number of aryl methyl sites for hydroxylation is 2. The zero-order valence-electron chi connectivity index (χ0n) is 24.8. The Labute approximate surface area is 242 Å². The van der Waals surface area contributed by atoms with Gasteiger partial charge in [0.05, 0.1) is 11.4 Å². The van der Waals surface area contributed by atoms with E-state index in [2.05, 4.69) is 82.0 Å². The maximum atomic E-state index is 11.5. The molecule has 2 unspecified atom stereocenters. The Hall–Kier alpha value is -4.19. The molecule has 0 saturated carbocycles. The number of allylic oxidation sites excluding steroid dienone is 2. The number of fused-ring (bicyclic) bond motifs is 8. The van der Waals surface area contributed by atoms with E-state index in [1.165, 1.54) is 11.1 Å². The van der Waals surface area contributed by atoms with E-state index in [1.807, 2.05) is 12.2 Å². The standard InChI is InChI=1S/C35H40N4O2/c1-8-11-26-22(7)29-16-28-20(5)25(10-3)33(37-28)17-30-21(6)24(9-2)32(38-30)15-27-19(4)14-23(12-13-35(40)41)31(36-27)18-34(26)39-29/h9-10,15-19,23,37-38H,2-3,8,11-14H2,1,4-7H3,(H,40,41). The number of aromatic nitrogens is 4. The van der Waals surface area contributed by atoms with Crippen molar-refractivity contribution < 1.29 is 9.90 Å². The molecule has 6 heteroatoms. The van der Waals surface area contributed by atoms with Crippen molar-refractivity contribution in [3.63, 3.8) is 0 Å². The van der Waals surface area contributed by atoms with Crippen molar-refractivity contribution in [1.29, 1.82) is 0 Å². The average Bonchev–Trinajstić information content (AvgIpc) is 3.50. The molecule has 0 saturated heterocycles. The van der Waals surface area contributed by atoms with Gasteiger partial charge < -0.3 is 15.1 Å². The van der Waals surface area contributed by atoms with Crippen LogP contribution in [0.5, 0.6) is 0 Å². The Morgan fingerprint density at radius 2 is 1.56 bits per heavy atom. The average molecular weight is 549 g/mol. The molecule has 5 heterocycles. The Kier molecular flexibility index (Phi) is 7.85. The fourth-order valence-electron chi connectivity index (χ4n) is 6.28. The molecule has 0 aliphatic carbocycles. The molecule has 8 bridgehead atoms. The van der Waals surface area contributed by atoms with Gasteiger partial charge in [0.15, 0.2) is 0 Å². The molecule has 0 amide bonds. The number of nitrogens with zero attached hydrogens (tertiary/aromatic N) is 2. The highest BCUT2D eigenvalue weighted by atomic mass is 16.4. The molecule has 0 radical (unpaired) electrons. The second-order valence-corrected chi connectivity index (χ2v) is 11.4. The van der Waals surface area contributed by atoms with Crippen molar-refractivity contribution in [2.24, 2.45) is 0 Å². The Balaban J connectivity index is 1.94. The first-order valence-corrected chi connectivity index (χ1v) is 14.6. The van der Waals surface area contributed by atoms with Crippen LogP contribution in [-0.4, -0.2) is 31.0 Å². The fraction of sp³-hybridized carbons (Fsp3) is 0.343. The summed E-state index contributed by atoms with van der Waals surface area (Å²) in [6.45, 7) is 18.9. The summed E-state index contributed by atoms with van der Waals surface area (Å²) in [6, 6.07) is 8.53. The molecule has 3 N–H and O–H groups in total. The number of carbonyl (C=O) groups is 1. The van der Waals surface area contributed by atoms with Gasteiger partial charge in [-0.1, -0.05) is 45.6 Å². The first-order chi connectivity index (χ1) is 19.6. The fourth-order valence-corrected chi connectivity index (χ4v) is 6.28. The molecule has 3 aromatic heterocycles. The number of carboxylic acids is 1. The van der Waals surface area contributed by atoms with Gasteiger partial charge in [-0.2, -0.15) is 0 Å². The number of aliphatic carboxylic acids is 1. The van der Waals surface area contributed by atoms with Gasteiger partial charge in [0.1, 0.15) is 0 Å². The first kappa shape index (κ1) is 28.3. The van der Waals surface area contributed by atoms with E-state index >= 15 is 0 Å². The summed E-state index contributed by atoms with van der Waals surface area (Å²) in [5.74, 6) is -0.556. The quantitative estimate of drug-likeness (QED) is 0.274. The molecule has 2 aliphatic heterocycles. The van der Waals surface area contributed by atoms with E-state index in [0.29, 0.717) is 6.42 Å². The minimum Gasteiger partial charge on any atom is -0.481 e. The molecule has 0 aromatic carbocycles. The Bertz CT molecular complexity index is 1750. The molecule has 0 spiro atoms. The predicted molar refractivity (Wildman–Crippen MR) is 171 cm³/mol. The number of rotatable bonds is 7. The van der Waals surface area contributed by atoms with E-state index in [1.54, 1.807) is 0 Å². The molecule has 6 nitrogen and oxygen atoms in total. The van der Waals surface area contributed by atoms with Crippen LogP contribution in [0.15, 0.2) is 37.4 Å². The smallest absolute Gasteiger partial charge is 0.303 e. The number of H-pyrrole nitrogens is 2. The molecule has 3 aromatic rings. The van der Waals surface area contributed by atoms with Crippen LogP contribution in [0.4, 0.5) is 0 Å². The lowest BCUT2D eigenvalue weighted by molar-refractivity contribution is -0.137. The van der Waals surface area contributed by atoms with E-state index in [-0.39, 0.29) is 18.3 Å². The summed E-state index contributed by atoms with van der Waals surface area (Å²) in [7, 11) is 0. The lowest BCUT2D eigenvalue weighted by Gasteiger charge is -2.25. The molecule has 2 atom stereocenters. The van der Waals surface area contributed by atoms with Crippen LogP contribution in [0.25, 0.3) is 45.4 Å². The second-order valence-electron chi connectivity index (χ2n) is 11.4. The van der Waals surface area contributed by atoms with E-state index in [9.17, 15) is 9.90 Å². The minimum absolute atomic E-state index is 0.0487. The summed E-state index contributed by atoms with van der Waals surface area (Å²) >= 11 is 0. The summed E-state index contributed by atoms with van der Waals surface area (Å²) < 4.78 is 0. The third-order valence-corrected chi connectivity index (χ3v) is 8.70. The molecule has 212 valence electrons. The summed E-state index contributed by atoms with van der Waals surface area (Å²) in [5.41, 5.74) is 14.5. The highest BCUT2D eigenvalue weighted by Crippen LogP contribution is 2.39. The number of nitrogens with one attached hydrogen (secondary N) is 2. The van der Waals surface area contributed by atoms with Crippen LogP contribution < -0.4 is 0 Å². The van der Waals surface area contributed by atoms with Gasteiger partial charge >= 0.3 is 5.97 Å². The maximum absolute atomic E-state index is 11.5. The number of hydrogen-bond donors (Lipinski definition) is 3. The number of carboxylic acid groups (broad SMARTS) is 1. The number of aromatic amines is 2. The lowest BCUT2D eigenvalue weighted by Crippen LogP contribution is -2.14. The van der Waals surface area contributed by atoms with Crippen molar-refractivity contribution in [3.8, 4) is 0 Å². The van der Waals surface area contributed by atoms with Gasteiger partial charge in [0.2, 0.25) is 0 Å². The molecular weight excluding hydrogens is 508 g/mol. The molecule has 2 aliphatic rings. The van der Waals surface area contributed by atoms with E-state index in [0.717, 1.165) is 86.4 Å². The molecule has 0 fully saturated rings. The van der Waals surface area contributed by atoms with Crippen molar-refractivity contribution in [1.82, 2.24) is 19.9 Å². The van der Waals surface area contributed by atoms with Crippen molar-refractivity contribution in [2.45, 2.75) is 78.6 Å². The summed E-state index contributed by atoms with van der Waals surface area (Å²) in [4.78, 5) is 29.1. The Morgan fingerprint density at radius 3 is 2.17 bits per heavy atom. The zero-order chi connectivity index (χ0) is 29.4. The van der Waals surface area contributed by atoms with Gasteiger partial charge in [0.25, 0.3) is 0 Å². The van der Waals surface area contributed by atoms with Gasteiger partial charge in [-0.3, -0.25) is 9.78 Å². The highest BCUT2D eigenvalue weighted by Gasteiger charge is 2.26. The maximum Gasteiger partial charge on any atom is 0.303 e. The topological polar surface area (TPSA) is 94.7 Å². The van der Waals surface area contributed by atoms with Crippen LogP contribution in [0.2, 0.25) is 0 Å². The Morgan fingerprint density at radius 1 is 0.927 bits per heavy atom.